The molecular formula is C16H22N4O. The van der Waals surface area contributed by atoms with Gasteiger partial charge < -0.3 is 10.6 Å². The first-order valence-corrected chi connectivity index (χ1v) is 7.26. The Morgan fingerprint density at radius 1 is 1.29 bits per heavy atom. The molecule has 2 aromatic rings. The second-order valence-corrected chi connectivity index (χ2v) is 4.91. The van der Waals surface area contributed by atoms with Gasteiger partial charge in [0.1, 0.15) is 5.69 Å². The van der Waals surface area contributed by atoms with E-state index in [0.29, 0.717) is 25.3 Å². The van der Waals surface area contributed by atoms with Crippen molar-refractivity contribution >= 4 is 11.6 Å². The quantitative estimate of drug-likeness (QED) is 0.917. The van der Waals surface area contributed by atoms with Crippen molar-refractivity contribution in [3.63, 3.8) is 0 Å². The predicted octanol–water partition coefficient (Wildman–Crippen LogP) is 2.34. The Morgan fingerprint density at radius 2 is 1.95 bits per heavy atom. The summed E-state index contributed by atoms with van der Waals surface area (Å²) in [4.78, 5) is 14.5. The Hall–Kier alpha value is -2.14. The van der Waals surface area contributed by atoms with Crippen molar-refractivity contribution in [2.45, 2.75) is 33.9 Å². The zero-order chi connectivity index (χ0) is 15.4. The van der Waals surface area contributed by atoms with Crippen molar-refractivity contribution in [1.29, 1.82) is 0 Å². The third-order valence-corrected chi connectivity index (χ3v) is 3.47. The molecule has 1 aromatic heterocycles. The van der Waals surface area contributed by atoms with E-state index >= 15 is 0 Å². The summed E-state index contributed by atoms with van der Waals surface area (Å²) in [7, 11) is 0. The van der Waals surface area contributed by atoms with Crippen molar-refractivity contribution in [3.8, 4) is 0 Å². The number of aryl methyl sites for hydroxylation is 2. The average Bonchev–Trinajstić information content (AvgIpc) is 2.89. The Labute approximate surface area is 125 Å². The number of benzene rings is 1. The lowest BCUT2D eigenvalue weighted by atomic mass is 10.2. The summed E-state index contributed by atoms with van der Waals surface area (Å²) in [6.45, 7) is 7.63. The number of aromatic nitrogens is 2. The smallest absolute Gasteiger partial charge is 0.276 e. The van der Waals surface area contributed by atoms with Gasteiger partial charge >= 0.3 is 0 Å². The van der Waals surface area contributed by atoms with E-state index in [1.54, 1.807) is 9.58 Å². The highest BCUT2D eigenvalue weighted by Crippen LogP contribution is 2.18. The fourth-order valence-electron chi connectivity index (χ4n) is 2.35. The second-order valence-electron chi connectivity index (χ2n) is 4.91. The molecule has 0 aliphatic carbocycles. The van der Waals surface area contributed by atoms with Gasteiger partial charge in [-0.1, -0.05) is 12.1 Å². The lowest BCUT2D eigenvalue weighted by Gasteiger charge is -2.21. The van der Waals surface area contributed by atoms with Crippen LogP contribution in [0.25, 0.3) is 0 Å². The molecule has 21 heavy (non-hydrogen) atoms. The van der Waals surface area contributed by atoms with Crippen LogP contribution >= 0.6 is 0 Å². The van der Waals surface area contributed by atoms with E-state index in [0.717, 1.165) is 16.9 Å². The average molecular weight is 286 g/mol. The number of hydrogen-bond donors (Lipinski definition) is 1. The van der Waals surface area contributed by atoms with Crippen molar-refractivity contribution in [3.05, 3.63) is 47.3 Å². The summed E-state index contributed by atoms with van der Waals surface area (Å²) in [5.74, 6) is -0.0274. The largest absolute Gasteiger partial charge is 0.326 e. The molecule has 0 radical (unpaired) electrons. The van der Waals surface area contributed by atoms with Gasteiger partial charge in [0.15, 0.2) is 0 Å². The summed E-state index contributed by atoms with van der Waals surface area (Å²) < 4.78 is 1.74. The topological polar surface area (TPSA) is 64.2 Å². The lowest BCUT2D eigenvalue weighted by molar-refractivity contribution is 0.0978. The standard InChI is InChI=1S/C16H22N4O/c1-4-19(14-8-6-13(11-17)7-9-14)16(21)15-10-12(3)18-20(15)5-2/h6-10H,4-5,11,17H2,1-3H3. The number of carbonyl (C=O) groups excluding carboxylic acids is 1. The van der Waals surface area contributed by atoms with Crippen LogP contribution in [-0.2, 0) is 13.1 Å². The molecule has 0 spiro atoms. The molecule has 5 nitrogen and oxygen atoms in total. The summed E-state index contributed by atoms with van der Waals surface area (Å²) in [5.41, 5.74) is 9.02. The SMILES string of the molecule is CCN(C(=O)c1cc(C)nn1CC)c1ccc(CN)cc1. The summed E-state index contributed by atoms with van der Waals surface area (Å²) in [6, 6.07) is 9.61. The molecule has 0 bridgehead atoms. The third kappa shape index (κ3) is 3.13. The molecule has 0 unspecified atom stereocenters. The molecule has 0 aliphatic rings. The summed E-state index contributed by atoms with van der Waals surface area (Å²) in [6.07, 6.45) is 0. The van der Waals surface area contributed by atoms with Gasteiger partial charge in [0, 0.05) is 25.3 Å². The van der Waals surface area contributed by atoms with E-state index in [1.165, 1.54) is 0 Å². The molecule has 1 heterocycles. The Kier molecular flexibility index (Phi) is 4.75. The first-order chi connectivity index (χ1) is 10.1. The van der Waals surface area contributed by atoms with Gasteiger partial charge in [-0.05, 0) is 44.5 Å². The number of rotatable bonds is 5. The van der Waals surface area contributed by atoms with Crippen LogP contribution < -0.4 is 10.6 Å². The van der Waals surface area contributed by atoms with Gasteiger partial charge in [-0.25, -0.2) is 0 Å². The van der Waals surface area contributed by atoms with Gasteiger partial charge in [0.05, 0.1) is 5.69 Å². The summed E-state index contributed by atoms with van der Waals surface area (Å²) in [5, 5.41) is 4.34. The van der Waals surface area contributed by atoms with Gasteiger partial charge in [-0.3, -0.25) is 9.48 Å². The highest BCUT2D eigenvalue weighted by Gasteiger charge is 2.20. The number of nitrogens with zero attached hydrogens (tertiary/aromatic N) is 3. The molecule has 5 heteroatoms. The van der Waals surface area contributed by atoms with E-state index in [1.807, 2.05) is 51.1 Å². The maximum atomic E-state index is 12.8. The van der Waals surface area contributed by atoms with E-state index in [2.05, 4.69) is 5.10 Å². The van der Waals surface area contributed by atoms with Crippen LogP contribution in [0.15, 0.2) is 30.3 Å². The summed E-state index contributed by atoms with van der Waals surface area (Å²) >= 11 is 0. The van der Waals surface area contributed by atoms with E-state index in [9.17, 15) is 4.79 Å². The Balaban J connectivity index is 2.33. The van der Waals surface area contributed by atoms with Crippen molar-refractivity contribution in [1.82, 2.24) is 9.78 Å². The molecule has 0 atom stereocenters. The molecular weight excluding hydrogens is 264 g/mol. The predicted molar refractivity (Wildman–Crippen MR) is 84.3 cm³/mol. The Bertz CT molecular complexity index is 616. The zero-order valence-corrected chi connectivity index (χ0v) is 12.8. The molecule has 112 valence electrons. The minimum atomic E-state index is -0.0274. The number of amides is 1. The number of carbonyl (C=O) groups is 1. The third-order valence-electron chi connectivity index (χ3n) is 3.47. The van der Waals surface area contributed by atoms with Gasteiger partial charge in [0.2, 0.25) is 0 Å². The molecule has 0 fully saturated rings. The van der Waals surface area contributed by atoms with Crippen LogP contribution in [0.5, 0.6) is 0 Å². The van der Waals surface area contributed by atoms with Gasteiger partial charge in [0.25, 0.3) is 5.91 Å². The highest BCUT2D eigenvalue weighted by molar-refractivity contribution is 6.05. The van der Waals surface area contributed by atoms with E-state index in [4.69, 9.17) is 5.73 Å². The van der Waals surface area contributed by atoms with Crippen LogP contribution in [0, 0.1) is 6.92 Å². The lowest BCUT2D eigenvalue weighted by Crippen LogP contribution is -2.32. The van der Waals surface area contributed by atoms with Crippen LogP contribution in [0.1, 0.15) is 35.6 Å². The fraction of sp³-hybridized carbons (Fsp3) is 0.375. The minimum Gasteiger partial charge on any atom is -0.326 e. The Morgan fingerprint density at radius 3 is 2.48 bits per heavy atom. The molecule has 1 amide bonds. The van der Waals surface area contributed by atoms with Crippen molar-refractivity contribution < 1.29 is 4.79 Å². The number of anilines is 1. The first-order valence-electron chi connectivity index (χ1n) is 7.26. The van der Waals surface area contributed by atoms with Crippen molar-refractivity contribution in [2.75, 3.05) is 11.4 Å². The molecule has 0 saturated heterocycles. The van der Waals surface area contributed by atoms with Gasteiger partial charge in [-0.2, -0.15) is 5.10 Å². The first kappa shape index (κ1) is 15.3. The van der Waals surface area contributed by atoms with E-state index < -0.39 is 0 Å². The van der Waals surface area contributed by atoms with Gasteiger partial charge in [-0.15, -0.1) is 0 Å². The zero-order valence-electron chi connectivity index (χ0n) is 12.8. The molecule has 1 aromatic carbocycles. The molecule has 0 saturated carbocycles. The van der Waals surface area contributed by atoms with E-state index in [-0.39, 0.29) is 5.91 Å². The number of hydrogen-bond acceptors (Lipinski definition) is 3. The number of nitrogens with two attached hydrogens (primary N) is 1. The highest BCUT2D eigenvalue weighted by atomic mass is 16.2. The monoisotopic (exact) mass is 286 g/mol. The van der Waals surface area contributed by atoms with Crippen LogP contribution in [0.4, 0.5) is 5.69 Å². The maximum Gasteiger partial charge on any atom is 0.276 e. The minimum absolute atomic E-state index is 0.0274. The van der Waals surface area contributed by atoms with Crippen LogP contribution in [0.3, 0.4) is 0 Å². The second kappa shape index (κ2) is 6.54. The molecule has 0 aliphatic heterocycles. The molecule has 2 rings (SSSR count). The van der Waals surface area contributed by atoms with Crippen LogP contribution in [0.2, 0.25) is 0 Å². The van der Waals surface area contributed by atoms with Crippen LogP contribution in [-0.4, -0.2) is 22.2 Å². The van der Waals surface area contributed by atoms with Crippen molar-refractivity contribution in [2.24, 2.45) is 5.73 Å². The molecule has 2 N–H and O–H groups in total. The normalized spacial score (nSPS) is 10.7. The fourth-order valence-corrected chi connectivity index (χ4v) is 2.35. The maximum absolute atomic E-state index is 12.8.